The molecular weight excluding hydrogens is 450 g/mol. The summed E-state index contributed by atoms with van der Waals surface area (Å²) in [7, 11) is -3.60. The minimum absolute atomic E-state index is 0.118. The predicted molar refractivity (Wildman–Crippen MR) is 137 cm³/mol. The SMILES string of the molecule is Cc1cc(/C=N/NC(C)(C)C)c(C)n1-c1cc(S(=O)(=O)N2CCOCC2)ccc1N1CCCC1. The molecular formula is C25H37N5O3S. The number of nitrogens with one attached hydrogen (secondary N) is 1. The van der Waals surface area contributed by atoms with Gasteiger partial charge in [0.2, 0.25) is 10.0 Å². The van der Waals surface area contributed by atoms with Crippen LogP contribution < -0.4 is 10.3 Å². The van der Waals surface area contributed by atoms with Crippen molar-refractivity contribution in [3.8, 4) is 5.69 Å². The molecule has 0 bridgehead atoms. The summed E-state index contributed by atoms with van der Waals surface area (Å²) in [5.74, 6) is 0. The zero-order valence-electron chi connectivity index (χ0n) is 21.0. The van der Waals surface area contributed by atoms with Crippen LogP contribution >= 0.6 is 0 Å². The number of morpholine rings is 1. The summed E-state index contributed by atoms with van der Waals surface area (Å²) >= 11 is 0. The van der Waals surface area contributed by atoms with Gasteiger partial charge in [-0.3, -0.25) is 0 Å². The van der Waals surface area contributed by atoms with Crippen molar-refractivity contribution in [3.63, 3.8) is 0 Å². The smallest absolute Gasteiger partial charge is 0.243 e. The molecule has 0 saturated carbocycles. The van der Waals surface area contributed by atoms with Crippen LogP contribution in [-0.2, 0) is 14.8 Å². The van der Waals surface area contributed by atoms with Gasteiger partial charge < -0.3 is 19.6 Å². The Balaban J connectivity index is 1.79. The molecule has 34 heavy (non-hydrogen) atoms. The molecule has 4 rings (SSSR count). The first kappa shape index (κ1) is 24.8. The topological polar surface area (TPSA) is 79.2 Å². The Labute approximate surface area is 203 Å². The van der Waals surface area contributed by atoms with Crippen LogP contribution in [0.15, 0.2) is 34.3 Å². The lowest BCUT2D eigenvalue weighted by molar-refractivity contribution is 0.0730. The van der Waals surface area contributed by atoms with Gasteiger partial charge in [0, 0.05) is 48.7 Å². The zero-order chi connectivity index (χ0) is 24.5. The van der Waals surface area contributed by atoms with Gasteiger partial charge in [0.05, 0.1) is 35.7 Å². The number of ether oxygens (including phenoxy) is 1. The molecule has 8 nitrogen and oxygen atoms in total. The predicted octanol–water partition coefficient (Wildman–Crippen LogP) is 3.44. The number of hydrogen-bond donors (Lipinski definition) is 1. The van der Waals surface area contributed by atoms with Gasteiger partial charge in [-0.15, -0.1) is 0 Å². The van der Waals surface area contributed by atoms with Crippen LogP contribution in [0.25, 0.3) is 5.69 Å². The number of anilines is 1. The van der Waals surface area contributed by atoms with Gasteiger partial charge >= 0.3 is 0 Å². The number of benzene rings is 1. The summed E-state index contributed by atoms with van der Waals surface area (Å²) in [6, 6.07) is 7.67. The first-order valence-electron chi connectivity index (χ1n) is 12.0. The third-order valence-electron chi connectivity index (χ3n) is 6.32. The second kappa shape index (κ2) is 9.71. The Hall–Kier alpha value is -2.36. The summed E-state index contributed by atoms with van der Waals surface area (Å²) in [5, 5.41) is 4.43. The molecule has 2 aliphatic heterocycles. The summed E-state index contributed by atoms with van der Waals surface area (Å²) in [4.78, 5) is 2.68. The van der Waals surface area contributed by atoms with Crippen molar-refractivity contribution < 1.29 is 13.2 Å². The van der Waals surface area contributed by atoms with Crippen molar-refractivity contribution in [2.45, 2.75) is 57.9 Å². The molecule has 1 aromatic heterocycles. The molecule has 1 aromatic carbocycles. The van der Waals surface area contributed by atoms with Crippen LogP contribution in [0.3, 0.4) is 0 Å². The zero-order valence-corrected chi connectivity index (χ0v) is 21.8. The van der Waals surface area contributed by atoms with Crippen molar-refractivity contribution in [1.82, 2.24) is 14.3 Å². The van der Waals surface area contributed by atoms with E-state index in [1.807, 2.05) is 18.3 Å². The van der Waals surface area contributed by atoms with Crippen LogP contribution in [0.2, 0.25) is 0 Å². The molecule has 3 heterocycles. The second-order valence-electron chi connectivity index (χ2n) is 10.1. The van der Waals surface area contributed by atoms with Gasteiger partial charge in [-0.25, -0.2) is 8.42 Å². The van der Waals surface area contributed by atoms with E-state index in [-0.39, 0.29) is 5.54 Å². The highest BCUT2D eigenvalue weighted by Crippen LogP contribution is 2.34. The molecule has 0 amide bonds. The maximum atomic E-state index is 13.4. The first-order valence-corrected chi connectivity index (χ1v) is 13.5. The Morgan fingerprint density at radius 2 is 1.68 bits per heavy atom. The average Bonchev–Trinajstić information content (AvgIpc) is 3.41. The molecule has 0 unspecified atom stereocenters. The first-order chi connectivity index (χ1) is 16.1. The molecule has 0 aliphatic carbocycles. The van der Waals surface area contributed by atoms with Crippen LogP contribution in [0.1, 0.15) is 50.6 Å². The van der Waals surface area contributed by atoms with E-state index in [9.17, 15) is 8.42 Å². The van der Waals surface area contributed by atoms with Gasteiger partial charge in [0.25, 0.3) is 0 Å². The maximum absolute atomic E-state index is 13.4. The Kier molecular flexibility index (Phi) is 7.07. The molecule has 186 valence electrons. The monoisotopic (exact) mass is 487 g/mol. The van der Waals surface area contributed by atoms with Gasteiger partial charge in [-0.2, -0.15) is 9.41 Å². The fourth-order valence-electron chi connectivity index (χ4n) is 4.59. The molecule has 0 spiro atoms. The third-order valence-corrected chi connectivity index (χ3v) is 8.21. The number of hydrogen-bond acceptors (Lipinski definition) is 6. The van der Waals surface area contributed by atoms with Crippen molar-refractivity contribution in [2.75, 3.05) is 44.3 Å². The van der Waals surface area contributed by atoms with Crippen molar-refractivity contribution in [1.29, 1.82) is 0 Å². The van der Waals surface area contributed by atoms with Crippen molar-refractivity contribution in [2.24, 2.45) is 5.10 Å². The van der Waals surface area contributed by atoms with Crippen molar-refractivity contribution in [3.05, 3.63) is 41.2 Å². The van der Waals surface area contributed by atoms with E-state index < -0.39 is 10.0 Å². The lowest BCUT2D eigenvalue weighted by atomic mass is 10.1. The fourth-order valence-corrected chi connectivity index (χ4v) is 6.02. The van der Waals surface area contributed by atoms with E-state index in [2.05, 4.69) is 60.7 Å². The lowest BCUT2D eigenvalue weighted by Gasteiger charge is -2.28. The largest absolute Gasteiger partial charge is 0.379 e. The average molecular weight is 488 g/mol. The van der Waals surface area contributed by atoms with Gasteiger partial charge in [0.1, 0.15) is 0 Å². The van der Waals surface area contributed by atoms with E-state index >= 15 is 0 Å². The number of hydrazone groups is 1. The van der Waals surface area contributed by atoms with Gasteiger partial charge in [-0.1, -0.05) is 0 Å². The Bertz CT molecular complexity index is 1150. The van der Waals surface area contributed by atoms with Crippen LogP contribution in [0.5, 0.6) is 0 Å². The van der Waals surface area contributed by atoms with E-state index in [0.29, 0.717) is 31.2 Å². The number of aromatic nitrogens is 1. The minimum atomic E-state index is -3.60. The number of sulfonamides is 1. The Morgan fingerprint density at radius 1 is 1.00 bits per heavy atom. The fraction of sp³-hybridized carbons (Fsp3) is 0.560. The van der Waals surface area contributed by atoms with E-state index in [4.69, 9.17) is 4.74 Å². The molecule has 2 saturated heterocycles. The number of rotatable bonds is 6. The van der Waals surface area contributed by atoms with Crippen molar-refractivity contribution >= 4 is 21.9 Å². The molecule has 1 N–H and O–H groups in total. The van der Waals surface area contributed by atoms with E-state index in [0.717, 1.165) is 54.3 Å². The van der Waals surface area contributed by atoms with E-state index in [1.54, 1.807) is 6.07 Å². The Morgan fingerprint density at radius 3 is 2.32 bits per heavy atom. The molecule has 9 heteroatoms. The highest BCUT2D eigenvalue weighted by atomic mass is 32.2. The summed E-state index contributed by atoms with van der Waals surface area (Å²) in [5.41, 5.74) is 8.06. The minimum Gasteiger partial charge on any atom is -0.379 e. The molecule has 2 aliphatic rings. The normalized spacial score (nSPS) is 18.2. The maximum Gasteiger partial charge on any atom is 0.243 e. The van der Waals surface area contributed by atoms with Crippen LogP contribution in [0.4, 0.5) is 5.69 Å². The number of nitrogens with zero attached hydrogens (tertiary/aromatic N) is 4. The third kappa shape index (κ3) is 5.16. The quantitative estimate of drug-likeness (QED) is 0.499. The highest BCUT2D eigenvalue weighted by Gasteiger charge is 2.28. The highest BCUT2D eigenvalue weighted by molar-refractivity contribution is 7.89. The lowest BCUT2D eigenvalue weighted by Crippen LogP contribution is -2.40. The van der Waals surface area contributed by atoms with Gasteiger partial charge in [-0.05, 0) is 71.7 Å². The molecule has 0 atom stereocenters. The summed E-state index contributed by atoms with van der Waals surface area (Å²) in [6.45, 7) is 13.9. The molecule has 2 fully saturated rings. The van der Waals surface area contributed by atoms with Gasteiger partial charge in [0.15, 0.2) is 0 Å². The second-order valence-corrected chi connectivity index (χ2v) is 12.1. The molecule has 0 radical (unpaired) electrons. The molecule has 2 aromatic rings. The summed E-state index contributed by atoms with van der Waals surface area (Å²) < 4.78 is 35.9. The van der Waals surface area contributed by atoms with Crippen LogP contribution in [-0.4, -0.2) is 68.4 Å². The summed E-state index contributed by atoms with van der Waals surface area (Å²) in [6.07, 6.45) is 4.13. The van der Waals surface area contributed by atoms with Crippen LogP contribution in [0, 0.1) is 13.8 Å². The number of aryl methyl sites for hydroxylation is 1. The van der Waals surface area contributed by atoms with E-state index in [1.165, 1.54) is 4.31 Å². The standard InChI is InChI=1S/C25H37N5O3S/c1-19-16-21(18-26-27-25(3,4)5)20(2)30(19)24-17-22(8-9-23(24)28-10-6-7-11-28)34(31,32)29-12-14-33-15-13-29/h8-9,16-18,27H,6-7,10-15H2,1-5H3/b26-18+.